The number of carbonyl (C=O) groups excluding carboxylic acids is 2. The number of carbonyl (C=O) groups is 2. The molecule has 23 heavy (non-hydrogen) atoms. The van der Waals surface area contributed by atoms with Crippen molar-refractivity contribution in [3.63, 3.8) is 0 Å². The van der Waals surface area contributed by atoms with E-state index in [1.165, 1.54) is 0 Å². The highest BCUT2D eigenvalue weighted by Crippen LogP contribution is 2.28. The summed E-state index contributed by atoms with van der Waals surface area (Å²) in [4.78, 5) is 25.2. The predicted octanol–water partition coefficient (Wildman–Crippen LogP) is 2.98. The minimum absolute atomic E-state index is 0.0365. The van der Waals surface area contributed by atoms with E-state index in [1.807, 2.05) is 36.4 Å². The normalized spacial score (nSPS) is 18.3. The van der Waals surface area contributed by atoms with Crippen molar-refractivity contribution in [2.24, 2.45) is 5.73 Å². The first-order valence-electron chi connectivity index (χ1n) is 7.40. The first kappa shape index (κ1) is 16.5. The fourth-order valence-electron chi connectivity index (χ4n) is 2.48. The summed E-state index contributed by atoms with van der Waals surface area (Å²) in [6.07, 6.45) is 7.50. The van der Waals surface area contributed by atoms with Gasteiger partial charge < -0.3 is 10.6 Å². The maximum Gasteiger partial charge on any atom is 0.227 e. The maximum absolute atomic E-state index is 12.6. The molecule has 0 atom stereocenters. The zero-order valence-corrected chi connectivity index (χ0v) is 13.0. The molecule has 0 saturated carbocycles. The molecule has 0 fully saturated rings. The van der Waals surface area contributed by atoms with Crippen LogP contribution in [0.3, 0.4) is 0 Å². The molecule has 118 valence electrons. The van der Waals surface area contributed by atoms with Crippen molar-refractivity contribution in [3.05, 3.63) is 72.4 Å². The van der Waals surface area contributed by atoms with Gasteiger partial charge in [-0.15, -0.1) is 0 Å². The standard InChI is InChI=1S/C19H20N2O2/c1-3-14-9-10-16-7-5-6-8-17(16)21(13-15(14)4-2)19(23)12-11-18(20)22/h3-10H,1-2,11-13H2,(H2,20,22)/b10-9-,15-14-. The van der Waals surface area contributed by atoms with E-state index < -0.39 is 5.91 Å². The SMILES string of the molecule is C=CC1=C(\C=C)CN(C(=O)CCC(N)=O)c2ccccc2/C=C\1. The molecular weight excluding hydrogens is 288 g/mol. The third-order valence-electron chi connectivity index (χ3n) is 3.72. The average molecular weight is 308 g/mol. The summed E-state index contributed by atoms with van der Waals surface area (Å²) in [5.41, 5.74) is 8.72. The van der Waals surface area contributed by atoms with Crippen LogP contribution in [0.25, 0.3) is 6.08 Å². The van der Waals surface area contributed by atoms with Gasteiger partial charge in [-0.25, -0.2) is 0 Å². The number of amides is 2. The van der Waals surface area contributed by atoms with Gasteiger partial charge in [-0.05, 0) is 22.8 Å². The monoisotopic (exact) mass is 308 g/mol. The molecule has 0 bridgehead atoms. The molecule has 4 heteroatoms. The molecule has 2 rings (SSSR count). The topological polar surface area (TPSA) is 63.4 Å². The van der Waals surface area contributed by atoms with Gasteiger partial charge in [0.25, 0.3) is 0 Å². The summed E-state index contributed by atoms with van der Waals surface area (Å²) in [5.74, 6) is -0.626. The highest BCUT2D eigenvalue weighted by molar-refractivity contribution is 5.98. The number of hydrogen-bond acceptors (Lipinski definition) is 2. The van der Waals surface area contributed by atoms with Gasteiger partial charge in [-0.3, -0.25) is 9.59 Å². The second-order valence-corrected chi connectivity index (χ2v) is 5.23. The highest BCUT2D eigenvalue weighted by Gasteiger charge is 2.21. The largest absolute Gasteiger partial charge is 0.370 e. The Hall–Kier alpha value is -2.88. The van der Waals surface area contributed by atoms with Crippen molar-refractivity contribution in [1.82, 2.24) is 0 Å². The maximum atomic E-state index is 12.6. The summed E-state index contributed by atoms with van der Waals surface area (Å²) in [6, 6.07) is 7.64. The molecule has 0 spiro atoms. The Balaban J connectivity index is 2.47. The Morgan fingerprint density at radius 2 is 1.87 bits per heavy atom. The van der Waals surface area contributed by atoms with Crippen LogP contribution >= 0.6 is 0 Å². The van der Waals surface area contributed by atoms with Crippen molar-refractivity contribution in [2.45, 2.75) is 12.8 Å². The van der Waals surface area contributed by atoms with Gasteiger partial charge in [-0.2, -0.15) is 0 Å². The van der Waals surface area contributed by atoms with Crippen molar-refractivity contribution in [3.8, 4) is 0 Å². The molecule has 1 aromatic carbocycles. The zero-order valence-electron chi connectivity index (χ0n) is 13.0. The van der Waals surface area contributed by atoms with Crippen LogP contribution in [0, 0.1) is 0 Å². The van der Waals surface area contributed by atoms with Gasteiger partial charge in [-0.1, -0.05) is 55.7 Å². The minimum Gasteiger partial charge on any atom is -0.370 e. The average Bonchev–Trinajstić information content (AvgIpc) is 2.54. The van der Waals surface area contributed by atoms with Crippen LogP contribution < -0.4 is 10.6 Å². The number of nitrogens with two attached hydrogens (primary N) is 1. The fraction of sp³-hybridized carbons (Fsp3) is 0.158. The lowest BCUT2D eigenvalue weighted by Crippen LogP contribution is -2.34. The molecule has 0 aliphatic carbocycles. The van der Waals surface area contributed by atoms with E-state index in [0.717, 1.165) is 22.4 Å². The van der Waals surface area contributed by atoms with Crippen LogP contribution in [0.2, 0.25) is 0 Å². The molecule has 0 aromatic heterocycles. The third kappa shape index (κ3) is 3.86. The number of hydrogen-bond donors (Lipinski definition) is 1. The van der Waals surface area contributed by atoms with Crippen LogP contribution in [0.5, 0.6) is 0 Å². The number of nitrogens with zero attached hydrogens (tertiary/aromatic N) is 1. The van der Waals surface area contributed by atoms with E-state index in [-0.39, 0.29) is 18.7 Å². The lowest BCUT2D eigenvalue weighted by molar-refractivity contribution is -0.123. The number of benzene rings is 1. The van der Waals surface area contributed by atoms with E-state index in [2.05, 4.69) is 13.2 Å². The Labute approximate surface area is 136 Å². The van der Waals surface area contributed by atoms with E-state index >= 15 is 0 Å². The number of anilines is 1. The minimum atomic E-state index is -0.482. The molecule has 0 radical (unpaired) electrons. The number of para-hydroxylation sites is 1. The second-order valence-electron chi connectivity index (χ2n) is 5.23. The van der Waals surface area contributed by atoms with Gasteiger partial charge in [0.2, 0.25) is 11.8 Å². The number of fused-ring (bicyclic) bond motifs is 1. The van der Waals surface area contributed by atoms with Gasteiger partial charge in [0.05, 0.1) is 12.2 Å². The Morgan fingerprint density at radius 1 is 1.13 bits per heavy atom. The smallest absolute Gasteiger partial charge is 0.227 e. The lowest BCUT2D eigenvalue weighted by Gasteiger charge is -2.27. The van der Waals surface area contributed by atoms with Crippen molar-refractivity contribution in [2.75, 3.05) is 11.4 Å². The Bertz CT molecular complexity index is 714. The molecule has 0 unspecified atom stereocenters. The van der Waals surface area contributed by atoms with E-state index in [4.69, 9.17) is 5.73 Å². The summed E-state index contributed by atoms with van der Waals surface area (Å²) in [5, 5.41) is 0. The molecule has 0 saturated heterocycles. The number of allylic oxidation sites excluding steroid dienone is 3. The highest BCUT2D eigenvalue weighted by atomic mass is 16.2. The summed E-state index contributed by atoms with van der Waals surface area (Å²) in [7, 11) is 0. The first-order valence-corrected chi connectivity index (χ1v) is 7.40. The van der Waals surface area contributed by atoms with E-state index in [1.54, 1.807) is 17.1 Å². The van der Waals surface area contributed by atoms with Crippen LogP contribution in [0.15, 0.2) is 66.8 Å². The Morgan fingerprint density at radius 3 is 2.52 bits per heavy atom. The molecule has 2 N–H and O–H groups in total. The summed E-state index contributed by atoms with van der Waals surface area (Å²) >= 11 is 0. The quantitative estimate of drug-likeness (QED) is 0.909. The van der Waals surface area contributed by atoms with Gasteiger partial charge in [0.15, 0.2) is 0 Å². The van der Waals surface area contributed by atoms with Crippen LogP contribution in [0.4, 0.5) is 5.69 Å². The molecular formula is C19H20N2O2. The third-order valence-corrected chi connectivity index (χ3v) is 3.72. The Kier molecular flexibility index (Phi) is 5.31. The summed E-state index contributed by atoms with van der Waals surface area (Å²) < 4.78 is 0. The number of primary amides is 1. The van der Waals surface area contributed by atoms with Crippen LogP contribution in [-0.2, 0) is 9.59 Å². The van der Waals surface area contributed by atoms with Crippen molar-refractivity contribution < 1.29 is 9.59 Å². The molecule has 1 aliphatic rings. The molecule has 2 amide bonds. The first-order chi connectivity index (χ1) is 11.1. The zero-order chi connectivity index (χ0) is 16.8. The molecule has 4 nitrogen and oxygen atoms in total. The predicted molar refractivity (Wildman–Crippen MR) is 93.7 cm³/mol. The van der Waals surface area contributed by atoms with Gasteiger partial charge in [0.1, 0.15) is 0 Å². The van der Waals surface area contributed by atoms with Crippen molar-refractivity contribution in [1.29, 1.82) is 0 Å². The van der Waals surface area contributed by atoms with Crippen molar-refractivity contribution >= 4 is 23.6 Å². The molecule has 1 aromatic rings. The number of rotatable bonds is 5. The van der Waals surface area contributed by atoms with Crippen LogP contribution in [-0.4, -0.2) is 18.4 Å². The lowest BCUT2D eigenvalue weighted by atomic mass is 10.0. The van der Waals surface area contributed by atoms with E-state index in [9.17, 15) is 9.59 Å². The second kappa shape index (κ2) is 7.40. The van der Waals surface area contributed by atoms with Crippen LogP contribution in [0.1, 0.15) is 18.4 Å². The molecule has 1 heterocycles. The molecule has 1 aliphatic heterocycles. The van der Waals surface area contributed by atoms with E-state index in [0.29, 0.717) is 6.54 Å². The fourth-order valence-corrected chi connectivity index (χ4v) is 2.48. The van der Waals surface area contributed by atoms with Gasteiger partial charge >= 0.3 is 0 Å². The van der Waals surface area contributed by atoms with Gasteiger partial charge in [0, 0.05) is 12.8 Å². The summed E-state index contributed by atoms with van der Waals surface area (Å²) in [6.45, 7) is 8.02.